The van der Waals surface area contributed by atoms with Crippen LogP contribution in [0.25, 0.3) is 0 Å². The van der Waals surface area contributed by atoms with Crippen LogP contribution < -0.4 is 0 Å². The molecule has 1 aliphatic heterocycles. The second kappa shape index (κ2) is 5.70. The molecule has 0 aromatic carbocycles. The van der Waals surface area contributed by atoms with Crippen molar-refractivity contribution in [3.63, 3.8) is 0 Å². The zero-order valence-corrected chi connectivity index (χ0v) is 13.2. The number of carbonyl (C=O) groups excluding carboxylic acids is 1. The molecule has 1 saturated heterocycles. The van der Waals surface area contributed by atoms with Crippen molar-refractivity contribution in [2.24, 2.45) is 0 Å². The van der Waals surface area contributed by atoms with Crippen molar-refractivity contribution in [1.82, 2.24) is 9.88 Å². The van der Waals surface area contributed by atoms with Gasteiger partial charge in [0.15, 0.2) is 0 Å². The summed E-state index contributed by atoms with van der Waals surface area (Å²) in [4.78, 5) is 18.8. The van der Waals surface area contributed by atoms with E-state index in [-0.39, 0.29) is 17.4 Å². The van der Waals surface area contributed by atoms with Gasteiger partial charge in [0.05, 0.1) is 18.8 Å². The van der Waals surface area contributed by atoms with Crippen molar-refractivity contribution < 1.29 is 9.53 Å². The van der Waals surface area contributed by atoms with Gasteiger partial charge < -0.3 is 9.64 Å². The highest BCUT2D eigenvalue weighted by atomic mass is 35.5. The summed E-state index contributed by atoms with van der Waals surface area (Å²) in [7, 11) is 0. The number of morpholine rings is 1. The van der Waals surface area contributed by atoms with Crippen molar-refractivity contribution in [3.05, 3.63) is 28.5 Å². The van der Waals surface area contributed by atoms with Crippen molar-refractivity contribution >= 4 is 17.5 Å². The van der Waals surface area contributed by atoms with E-state index in [2.05, 4.69) is 4.98 Å². The number of hydrogen-bond acceptors (Lipinski definition) is 3. The zero-order chi connectivity index (χ0) is 14.9. The largest absolute Gasteiger partial charge is 0.377 e. The number of hydrogen-bond donors (Lipinski definition) is 0. The molecule has 0 N–H and O–H groups in total. The number of ether oxygens (including phenoxy) is 1. The van der Waals surface area contributed by atoms with Crippen LogP contribution in [0.3, 0.4) is 0 Å². The SMILES string of the molecule is CC(C)c1cc(C(=O)N2CCOCC2(C)C)cc(Cl)n1. The molecule has 0 saturated carbocycles. The van der Waals surface area contributed by atoms with Gasteiger partial charge in [-0.05, 0) is 31.9 Å². The van der Waals surface area contributed by atoms with Crippen LogP contribution in [0.15, 0.2) is 12.1 Å². The first-order valence-electron chi connectivity index (χ1n) is 6.88. The highest BCUT2D eigenvalue weighted by Gasteiger charge is 2.34. The molecule has 4 nitrogen and oxygen atoms in total. The zero-order valence-electron chi connectivity index (χ0n) is 12.4. The van der Waals surface area contributed by atoms with E-state index >= 15 is 0 Å². The highest BCUT2D eigenvalue weighted by molar-refractivity contribution is 6.29. The average molecular weight is 297 g/mol. The van der Waals surface area contributed by atoms with E-state index < -0.39 is 0 Å². The third-order valence-electron chi connectivity index (χ3n) is 3.54. The lowest BCUT2D eigenvalue weighted by molar-refractivity contribution is -0.0370. The maximum Gasteiger partial charge on any atom is 0.254 e. The second-order valence-corrected chi connectivity index (χ2v) is 6.47. The fourth-order valence-corrected chi connectivity index (χ4v) is 2.54. The van der Waals surface area contributed by atoms with E-state index in [9.17, 15) is 4.79 Å². The van der Waals surface area contributed by atoms with Gasteiger partial charge in [-0.2, -0.15) is 0 Å². The number of rotatable bonds is 2. The molecule has 1 amide bonds. The van der Waals surface area contributed by atoms with Gasteiger partial charge in [0, 0.05) is 17.8 Å². The molecule has 0 bridgehead atoms. The Morgan fingerprint density at radius 3 is 2.75 bits per heavy atom. The van der Waals surface area contributed by atoms with Crippen LogP contribution in [0.2, 0.25) is 5.15 Å². The Bertz CT molecular complexity index is 515. The van der Waals surface area contributed by atoms with E-state index in [0.29, 0.717) is 30.5 Å². The van der Waals surface area contributed by atoms with E-state index in [1.165, 1.54) is 0 Å². The molecule has 0 spiro atoms. The molecular formula is C15H21ClN2O2. The summed E-state index contributed by atoms with van der Waals surface area (Å²) in [5.74, 6) is 0.224. The van der Waals surface area contributed by atoms with Gasteiger partial charge in [-0.25, -0.2) is 4.98 Å². The number of carbonyl (C=O) groups is 1. The summed E-state index contributed by atoms with van der Waals surface area (Å²) in [5, 5.41) is 0.366. The molecule has 110 valence electrons. The van der Waals surface area contributed by atoms with Crippen molar-refractivity contribution in [3.8, 4) is 0 Å². The van der Waals surface area contributed by atoms with Crippen molar-refractivity contribution in [2.45, 2.75) is 39.2 Å². The number of amides is 1. The molecule has 0 atom stereocenters. The second-order valence-electron chi connectivity index (χ2n) is 6.08. The first-order valence-corrected chi connectivity index (χ1v) is 7.26. The molecule has 1 aromatic rings. The van der Waals surface area contributed by atoms with Crippen LogP contribution in [-0.2, 0) is 4.74 Å². The Balaban J connectivity index is 2.33. The first-order chi connectivity index (χ1) is 9.31. The molecule has 1 aromatic heterocycles. The summed E-state index contributed by atoms with van der Waals surface area (Å²) >= 11 is 6.04. The lowest BCUT2D eigenvalue weighted by Crippen LogP contribution is -2.55. The Morgan fingerprint density at radius 2 is 2.15 bits per heavy atom. The van der Waals surface area contributed by atoms with E-state index in [1.54, 1.807) is 6.07 Å². The molecule has 1 fully saturated rings. The molecule has 1 aliphatic rings. The molecule has 0 aliphatic carbocycles. The average Bonchev–Trinajstić information content (AvgIpc) is 2.36. The van der Waals surface area contributed by atoms with Crippen LogP contribution >= 0.6 is 11.6 Å². The van der Waals surface area contributed by atoms with Crippen LogP contribution in [0, 0.1) is 0 Å². The topological polar surface area (TPSA) is 42.4 Å². The van der Waals surface area contributed by atoms with Gasteiger partial charge in [-0.15, -0.1) is 0 Å². The summed E-state index contributed by atoms with van der Waals surface area (Å²) in [6.07, 6.45) is 0. The van der Waals surface area contributed by atoms with E-state index in [1.807, 2.05) is 38.7 Å². The third-order valence-corrected chi connectivity index (χ3v) is 3.74. The first kappa shape index (κ1) is 15.3. The number of nitrogens with zero attached hydrogens (tertiary/aromatic N) is 2. The lowest BCUT2D eigenvalue weighted by atomic mass is 10.00. The van der Waals surface area contributed by atoms with Crippen LogP contribution in [0.4, 0.5) is 0 Å². The Hall–Kier alpha value is -1.13. The standard InChI is InChI=1S/C15H21ClN2O2/c1-10(2)12-7-11(8-13(16)17-12)14(19)18-5-6-20-9-15(18,3)4/h7-8,10H,5-6,9H2,1-4H3. The van der Waals surface area contributed by atoms with Crippen molar-refractivity contribution in [2.75, 3.05) is 19.8 Å². The summed E-state index contributed by atoms with van der Waals surface area (Å²) < 4.78 is 5.45. The molecule has 2 rings (SSSR count). The van der Waals surface area contributed by atoms with Gasteiger partial charge in [0.25, 0.3) is 5.91 Å². The molecule has 0 unspecified atom stereocenters. The third kappa shape index (κ3) is 3.13. The van der Waals surface area contributed by atoms with Crippen molar-refractivity contribution in [1.29, 1.82) is 0 Å². The normalized spacial score (nSPS) is 18.4. The Labute approximate surface area is 125 Å². The van der Waals surface area contributed by atoms with Gasteiger partial charge >= 0.3 is 0 Å². The minimum atomic E-state index is -0.303. The highest BCUT2D eigenvalue weighted by Crippen LogP contribution is 2.24. The molecule has 0 radical (unpaired) electrons. The minimum absolute atomic E-state index is 0.00972. The predicted molar refractivity (Wildman–Crippen MR) is 79.3 cm³/mol. The smallest absolute Gasteiger partial charge is 0.254 e. The number of halogens is 1. The maximum absolute atomic E-state index is 12.7. The summed E-state index contributed by atoms with van der Waals surface area (Å²) in [6.45, 7) is 9.81. The summed E-state index contributed by atoms with van der Waals surface area (Å²) in [5.41, 5.74) is 1.14. The lowest BCUT2D eigenvalue weighted by Gasteiger charge is -2.42. The Morgan fingerprint density at radius 1 is 1.45 bits per heavy atom. The van der Waals surface area contributed by atoms with E-state index in [0.717, 1.165) is 5.69 Å². The quantitative estimate of drug-likeness (QED) is 0.788. The fraction of sp³-hybridized carbons (Fsp3) is 0.600. The molecule has 2 heterocycles. The monoisotopic (exact) mass is 296 g/mol. The Kier molecular flexibility index (Phi) is 4.35. The molecule has 5 heteroatoms. The minimum Gasteiger partial charge on any atom is -0.377 e. The molecular weight excluding hydrogens is 276 g/mol. The van der Waals surface area contributed by atoms with Gasteiger partial charge in [-0.1, -0.05) is 25.4 Å². The summed E-state index contributed by atoms with van der Waals surface area (Å²) in [6, 6.07) is 3.48. The van der Waals surface area contributed by atoms with Crippen LogP contribution in [0.5, 0.6) is 0 Å². The van der Waals surface area contributed by atoms with E-state index in [4.69, 9.17) is 16.3 Å². The molecule has 20 heavy (non-hydrogen) atoms. The van der Waals surface area contributed by atoms with Crippen LogP contribution in [-0.4, -0.2) is 41.1 Å². The van der Waals surface area contributed by atoms with Gasteiger partial charge in [0.1, 0.15) is 5.15 Å². The maximum atomic E-state index is 12.7. The van der Waals surface area contributed by atoms with Gasteiger partial charge in [-0.3, -0.25) is 4.79 Å². The fourth-order valence-electron chi connectivity index (χ4n) is 2.33. The van der Waals surface area contributed by atoms with Gasteiger partial charge in [0.2, 0.25) is 0 Å². The number of pyridine rings is 1. The van der Waals surface area contributed by atoms with Crippen LogP contribution in [0.1, 0.15) is 49.7 Å². The predicted octanol–water partition coefficient (Wildman–Crippen LogP) is 3.11. The number of aromatic nitrogens is 1.